The van der Waals surface area contributed by atoms with Gasteiger partial charge in [0.05, 0.1) is 5.69 Å². The van der Waals surface area contributed by atoms with E-state index >= 15 is 0 Å². The maximum Gasteiger partial charge on any atom is 0.304 e. The van der Waals surface area contributed by atoms with Crippen LogP contribution in [0.15, 0.2) is 48.5 Å². The van der Waals surface area contributed by atoms with Crippen molar-refractivity contribution in [2.45, 2.75) is 64.1 Å². The van der Waals surface area contributed by atoms with Crippen molar-refractivity contribution in [3.05, 3.63) is 64.9 Å². The van der Waals surface area contributed by atoms with E-state index in [4.69, 9.17) is 11.6 Å². The van der Waals surface area contributed by atoms with Crippen LogP contribution in [0.5, 0.6) is 0 Å². The number of nitrogens with one attached hydrogen (secondary N) is 1. The number of nitrogens with zero attached hydrogens (tertiary/aromatic N) is 3. The molecule has 1 atom stereocenters. The van der Waals surface area contributed by atoms with E-state index < -0.39 is 34.5 Å². The molecule has 0 aromatic heterocycles. The third-order valence-electron chi connectivity index (χ3n) is 6.74. The SMILES string of the molecule is CC[C@H](C(=O)NC1CCCCC1)N(Cc1ccc(Cl)cc1)C(=O)CN(c1ccc(F)cc1)S(=O)(=O)N(C)C. The Kier molecular flexibility index (Phi) is 10.5. The molecule has 3 rings (SSSR count). The summed E-state index contributed by atoms with van der Waals surface area (Å²) in [5.41, 5.74) is 0.884. The van der Waals surface area contributed by atoms with E-state index in [0.29, 0.717) is 11.4 Å². The Morgan fingerprint density at radius 2 is 1.63 bits per heavy atom. The number of hydrogen-bond donors (Lipinski definition) is 1. The molecular weight excluding hydrogens is 531 g/mol. The van der Waals surface area contributed by atoms with Gasteiger partial charge in [0.15, 0.2) is 0 Å². The second-order valence-corrected chi connectivity index (χ2v) is 12.2. The number of carbonyl (C=O) groups is 2. The van der Waals surface area contributed by atoms with E-state index in [-0.39, 0.29) is 24.2 Å². The predicted octanol–water partition coefficient (Wildman–Crippen LogP) is 4.35. The molecule has 2 aromatic carbocycles. The number of anilines is 1. The highest BCUT2D eigenvalue weighted by Crippen LogP contribution is 2.23. The number of hydrogen-bond acceptors (Lipinski definition) is 4. The fourth-order valence-electron chi connectivity index (χ4n) is 4.57. The fourth-order valence-corrected chi connectivity index (χ4v) is 5.76. The Morgan fingerprint density at radius 1 is 1.03 bits per heavy atom. The monoisotopic (exact) mass is 566 g/mol. The highest BCUT2D eigenvalue weighted by Gasteiger charge is 2.34. The van der Waals surface area contributed by atoms with Gasteiger partial charge in [-0.3, -0.25) is 9.59 Å². The van der Waals surface area contributed by atoms with E-state index in [0.717, 1.165) is 58.4 Å². The summed E-state index contributed by atoms with van der Waals surface area (Å²) in [5, 5.41) is 3.64. The summed E-state index contributed by atoms with van der Waals surface area (Å²) in [5.74, 6) is -1.34. The normalized spacial score (nSPS) is 15.2. The molecular formula is C27H36ClFN4O4S. The maximum absolute atomic E-state index is 13.9. The predicted molar refractivity (Wildman–Crippen MR) is 147 cm³/mol. The molecule has 38 heavy (non-hydrogen) atoms. The standard InChI is InChI=1S/C27H36ClFN4O4S/c1-4-25(27(35)30-23-8-6-5-7-9-23)32(18-20-10-12-21(28)13-11-20)26(34)19-33(38(36,37)31(2)3)24-16-14-22(29)15-17-24/h10-17,23,25H,4-9,18-19H2,1-3H3,(H,30,35)/t25-/m1/s1. The highest BCUT2D eigenvalue weighted by atomic mass is 35.5. The highest BCUT2D eigenvalue weighted by molar-refractivity contribution is 7.90. The molecule has 1 N–H and O–H groups in total. The van der Waals surface area contributed by atoms with Crippen molar-refractivity contribution >= 4 is 39.3 Å². The molecule has 0 spiro atoms. The first-order valence-electron chi connectivity index (χ1n) is 12.8. The van der Waals surface area contributed by atoms with Gasteiger partial charge in [0.1, 0.15) is 18.4 Å². The fraction of sp³-hybridized carbons (Fsp3) is 0.481. The van der Waals surface area contributed by atoms with Crippen molar-refractivity contribution in [1.82, 2.24) is 14.5 Å². The Labute approximate surface area is 229 Å². The maximum atomic E-state index is 13.9. The van der Waals surface area contributed by atoms with E-state index in [1.54, 1.807) is 24.3 Å². The second-order valence-electron chi connectivity index (χ2n) is 9.69. The molecule has 8 nitrogen and oxygen atoms in total. The Hall–Kier alpha value is -2.69. The zero-order valence-electron chi connectivity index (χ0n) is 22.1. The van der Waals surface area contributed by atoms with E-state index in [2.05, 4.69) is 5.32 Å². The summed E-state index contributed by atoms with van der Waals surface area (Å²) in [4.78, 5) is 28.7. The molecule has 11 heteroatoms. The molecule has 0 radical (unpaired) electrons. The van der Waals surface area contributed by atoms with Gasteiger partial charge in [0, 0.05) is 31.7 Å². The molecule has 0 bridgehead atoms. The number of benzene rings is 2. The molecule has 208 valence electrons. The van der Waals surface area contributed by atoms with Gasteiger partial charge in [-0.1, -0.05) is 49.9 Å². The summed E-state index contributed by atoms with van der Waals surface area (Å²) in [6, 6.07) is 11.1. The van der Waals surface area contributed by atoms with Gasteiger partial charge in [0.2, 0.25) is 11.8 Å². The van der Waals surface area contributed by atoms with Gasteiger partial charge < -0.3 is 10.2 Å². The lowest BCUT2D eigenvalue weighted by atomic mass is 9.95. The number of carbonyl (C=O) groups excluding carboxylic acids is 2. The van der Waals surface area contributed by atoms with E-state index in [1.807, 2.05) is 6.92 Å². The lowest BCUT2D eigenvalue weighted by Gasteiger charge is -2.35. The molecule has 0 unspecified atom stereocenters. The van der Waals surface area contributed by atoms with Crippen LogP contribution in [0.25, 0.3) is 0 Å². The summed E-state index contributed by atoms with van der Waals surface area (Å²) < 4.78 is 41.9. The lowest BCUT2D eigenvalue weighted by molar-refractivity contribution is -0.140. The van der Waals surface area contributed by atoms with Crippen LogP contribution in [-0.2, 0) is 26.3 Å². The first-order chi connectivity index (χ1) is 18.0. The molecule has 1 aliphatic rings. The third-order valence-corrected chi connectivity index (χ3v) is 8.81. The third kappa shape index (κ3) is 7.68. The summed E-state index contributed by atoms with van der Waals surface area (Å²) in [7, 11) is -1.40. The quantitative estimate of drug-likeness (QED) is 0.438. The van der Waals surface area contributed by atoms with Crippen LogP contribution in [0.2, 0.25) is 5.02 Å². The minimum absolute atomic E-state index is 0.0580. The van der Waals surface area contributed by atoms with Crippen molar-refractivity contribution < 1.29 is 22.4 Å². The summed E-state index contributed by atoms with van der Waals surface area (Å²) >= 11 is 6.04. The Balaban J connectivity index is 1.94. The van der Waals surface area contributed by atoms with Crippen molar-refractivity contribution in [2.75, 3.05) is 24.9 Å². The first kappa shape index (κ1) is 29.9. The minimum atomic E-state index is -4.11. The van der Waals surface area contributed by atoms with Gasteiger partial charge >= 0.3 is 10.2 Å². The molecule has 0 heterocycles. The minimum Gasteiger partial charge on any atom is -0.352 e. The number of amides is 2. The zero-order chi connectivity index (χ0) is 27.9. The molecule has 2 amide bonds. The van der Waals surface area contributed by atoms with Crippen molar-refractivity contribution in [2.24, 2.45) is 0 Å². The Bertz CT molecular complexity index is 1190. The van der Waals surface area contributed by atoms with Crippen molar-refractivity contribution in [1.29, 1.82) is 0 Å². The molecule has 0 saturated heterocycles. The van der Waals surface area contributed by atoms with Crippen LogP contribution in [0.3, 0.4) is 0 Å². The summed E-state index contributed by atoms with van der Waals surface area (Å²) in [6.45, 7) is 1.35. The van der Waals surface area contributed by atoms with Crippen molar-refractivity contribution in [3.63, 3.8) is 0 Å². The topological polar surface area (TPSA) is 90.0 Å². The molecule has 2 aromatic rings. The van der Waals surface area contributed by atoms with Gasteiger partial charge in [-0.2, -0.15) is 12.7 Å². The van der Waals surface area contributed by atoms with Gasteiger partial charge in [0.25, 0.3) is 0 Å². The molecule has 1 aliphatic carbocycles. The average molecular weight is 567 g/mol. The largest absolute Gasteiger partial charge is 0.352 e. The number of halogens is 2. The molecule has 0 aliphatic heterocycles. The molecule has 1 saturated carbocycles. The van der Waals surface area contributed by atoms with E-state index in [9.17, 15) is 22.4 Å². The van der Waals surface area contributed by atoms with Crippen LogP contribution in [-0.4, -0.2) is 62.2 Å². The average Bonchev–Trinajstić information content (AvgIpc) is 2.89. The number of rotatable bonds is 11. The van der Waals surface area contributed by atoms with Crippen LogP contribution >= 0.6 is 11.6 Å². The van der Waals surface area contributed by atoms with Crippen LogP contribution in [0.1, 0.15) is 51.0 Å². The van der Waals surface area contributed by atoms with Crippen LogP contribution in [0.4, 0.5) is 10.1 Å². The van der Waals surface area contributed by atoms with Crippen molar-refractivity contribution in [3.8, 4) is 0 Å². The molecule has 1 fully saturated rings. The van der Waals surface area contributed by atoms with E-state index in [1.165, 1.54) is 31.1 Å². The second kappa shape index (κ2) is 13.4. The lowest BCUT2D eigenvalue weighted by Crippen LogP contribution is -2.54. The summed E-state index contributed by atoms with van der Waals surface area (Å²) in [6.07, 6.45) is 5.37. The van der Waals surface area contributed by atoms with Crippen LogP contribution < -0.4 is 9.62 Å². The van der Waals surface area contributed by atoms with Gasteiger partial charge in [-0.25, -0.2) is 8.70 Å². The zero-order valence-corrected chi connectivity index (χ0v) is 23.6. The smallest absolute Gasteiger partial charge is 0.304 e. The Morgan fingerprint density at radius 3 is 2.18 bits per heavy atom. The first-order valence-corrected chi connectivity index (χ1v) is 14.6. The van der Waals surface area contributed by atoms with Gasteiger partial charge in [-0.15, -0.1) is 0 Å². The van der Waals surface area contributed by atoms with Gasteiger partial charge in [-0.05, 0) is 61.2 Å². The van der Waals surface area contributed by atoms with Crippen LogP contribution in [0, 0.1) is 5.82 Å².